The Morgan fingerprint density at radius 2 is 1.97 bits per heavy atom. The molecule has 0 fully saturated rings. The van der Waals surface area contributed by atoms with Crippen molar-refractivity contribution in [3.05, 3.63) is 53.6 Å². The zero-order valence-electron chi connectivity index (χ0n) is 16.5. The summed E-state index contributed by atoms with van der Waals surface area (Å²) in [6.07, 6.45) is 0.616. The molecular formula is C21H20N4O5. The Morgan fingerprint density at radius 3 is 2.63 bits per heavy atom. The maximum Gasteiger partial charge on any atom is 0.305 e. The number of hydrogen-bond acceptors (Lipinski definition) is 8. The Hall–Kier alpha value is -3.75. The lowest BCUT2D eigenvalue weighted by Crippen LogP contribution is -2.44. The van der Waals surface area contributed by atoms with Gasteiger partial charge in [0.05, 0.1) is 14.2 Å². The van der Waals surface area contributed by atoms with Gasteiger partial charge in [-0.25, -0.2) is 0 Å². The second-order valence-electron chi connectivity index (χ2n) is 6.96. The molecule has 0 amide bonds. The number of aromatic amines is 1. The molecule has 30 heavy (non-hydrogen) atoms. The Balaban J connectivity index is 1.64. The van der Waals surface area contributed by atoms with Crippen molar-refractivity contribution in [3.63, 3.8) is 0 Å². The van der Waals surface area contributed by atoms with Crippen LogP contribution in [0.3, 0.4) is 0 Å². The smallest absolute Gasteiger partial charge is 0.305 e. The molecule has 9 heteroatoms. The van der Waals surface area contributed by atoms with E-state index in [0.717, 1.165) is 11.1 Å². The predicted octanol–water partition coefficient (Wildman–Crippen LogP) is 2.39. The van der Waals surface area contributed by atoms with Gasteiger partial charge < -0.3 is 14.2 Å². The van der Waals surface area contributed by atoms with Gasteiger partial charge in [0.15, 0.2) is 5.60 Å². The first-order valence-electron chi connectivity index (χ1n) is 9.36. The van der Waals surface area contributed by atoms with Gasteiger partial charge in [-0.2, -0.15) is 5.21 Å². The minimum atomic E-state index is -1.20. The molecule has 2 heterocycles. The number of carbonyl (C=O) groups excluding carboxylic acids is 2. The van der Waals surface area contributed by atoms with Gasteiger partial charge >= 0.3 is 5.97 Å². The SMILES string of the molecule is COC(=O)CCC1(C(=O)c2ccc(-c3nn[nH]n3)cc2)Cc2ccc(OC)cc2O1. The molecule has 0 saturated carbocycles. The summed E-state index contributed by atoms with van der Waals surface area (Å²) in [5, 5.41) is 13.8. The fraction of sp³-hybridized carbons (Fsp3) is 0.286. The van der Waals surface area contributed by atoms with Crippen molar-refractivity contribution < 1.29 is 23.8 Å². The van der Waals surface area contributed by atoms with Crippen LogP contribution in [0, 0.1) is 0 Å². The molecule has 0 saturated heterocycles. The average molecular weight is 408 g/mol. The molecule has 4 rings (SSSR count). The summed E-state index contributed by atoms with van der Waals surface area (Å²) in [5.74, 6) is 1.05. The molecular weight excluding hydrogens is 388 g/mol. The number of H-pyrrole nitrogens is 1. The van der Waals surface area contributed by atoms with Crippen molar-refractivity contribution in [2.45, 2.75) is 24.9 Å². The molecule has 0 aliphatic carbocycles. The number of tetrazole rings is 1. The first-order chi connectivity index (χ1) is 14.5. The van der Waals surface area contributed by atoms with Crippen molar-refractivity contribution in [1.29, 1.82) is 0 Å². The zero-order chi connectivity index (χ0) is 21.1. The molecule has 0 spiro atoms. The van der Waals surface area contributed by atoms with Crippen molar-refractivity contribution in [2.75, 3.05) is 14.2 Å². The van der Waals surface area contributed by atoms with Crippen molar-refractivity contribution in [2.24, 2.45) is 0 Å². The molecule has 1 aliphatic heterocycles. The van der Waals surface area contributed by atoms with E-state index in [4.69, 9.17) is 14.2 Å². The van der Waals surface area contributed by atoms with Crippen LogP contribution < -0.4 is 9.47 Å². The lowest BCUT2D eigenvalue weighted by Gasteiger charge is -2.27. The number of methoxy groups -OCH3 is 2. The second kappa shape index (κ2) is 7.94. The van der Waals surface area contributed by atoms with Crippen LogP contribution in [0.2, 0.25) is 0 Å². The first-order valence-corrected chi connectivity index (χ1v) is 9.36. The maximum absolute atomic E-state index is 13.5. The highest BCUT2D eigenvalue weighted by atomic mass is 16.5. The van der Waals surface area contributed by atoms with Gasteiger partial charge in [-0.3, -0.25) is 9.59 Å². The zero-order valence-corrected chi connectivity index (χ0v) is 16.5. The number of Topliss-reactive ketones (excluding diaryl/α,β-unsaturated/α-hetero) is 1. The highest BCUT2D eigenvalue weighted by Crippen LogP contribution is 2.41. The highest BCUT2D eigenvalue weighted by molar-refractivity contribution is 6.04. The van der Waals surface area contributed by atoms with Gasteiger partial charge in [0.1, 0.15) is 11.5 Å². The lowest BCUT2D eigenvalue weighted by molar-refractivity contribution is -0.141. The van der Waals surface area contributed by atoms with E-state index in [-0.39, 0.29) is 18.6 Å². The molecule has 1 unspecified atom stereocenters. The number of nitrogens with one attached hydrogen (secondary N) is 1. The Kier molecular flexibility index (Phi) is 5.18. The largest absolute Gasteiger partial charge is 0.497 e. The molecule has 1 atom stereocenters. The molecule has 0 bridgehead atoms. The number of nitrogens with zero attached hydrogens (tertiary/aromatic N) is 3. The van der Waals surface area contributed by atoms with Crippen molar-refractivity contribution >= 4 is 11.8 Å². The number of esters is 1. The molecule has 3 aromatic rings. The van der Waals surface area contributed by atoms with E-state index in [0.29, 0.717) is 29.3 Å². The fourth-order valence-corrected chi connectivity index (χ4v) is 3.56. The number of fused-ring (bicyclic) bond motifs is 1. The van der Waals surface area contributed by atoms with Gasteiger partial charge in [0, 0.05) is 36.5 Å². The molecule has 1 aliphatic rings. The van der Waals surface area contributed by atoms with Crippen LogP contribution in [0.1, 0.15) is 28.8 Å². The third kappa shape index (κ3) is 3.61. The topological polar surface area (TPSA) is 116 Å². The van der Waals surface area contributed by atoms with Crippen LogP contribution in [0.5, 0.6) is 11.5 Å². The monoisotopic (exact) mass is 408 g/mol. The fourth-order valence-electron chi connectivity index (χ4n) is 3.56. The van der Waals surface area contributed by atoms with Gasteiger partial charge in [-0.1, -0.05) is 30.3 Å². The van der Waals surface area contributed by atoms with Crippen LogP contribution >= 0.6 is 0 Å². The summed E-state index contributed by atoms with van der Waals surface area (Å²) in [6.45, 7) is 0. The average Bonchev–Trinajstić information content (AvgIpc) is 3.45. The normalized spacial score (nSPS) is 17.1. The molecule has 9 nitrogen and oxygen atoms in total. The van der Waals surface area contributed by atoms with E-state index >= 15 is 0 Å². The summed E-state index contributed by atoms with van der Waals surface area (Å²) in [6, 6.07) is 12.3. The van der Waals surface area contributed by atoms with E-state index in [1.807, 2.05) is 12.1 Å². The van der Waals surface area contributed by atoms with Crippen molar-refractivity contribution in [1.82, 2.24) is 20.6 Å². The number of aromatic nitrogens is 4. The van der Waals surface area contributed by atoms with Gasteiger partial charge in [0.2, 0.25) is 11.6 Å². The van der Waals surface area contributed by atoms with Gasteiger partial charge in [-0.05, 0) is 16.8 Å². The summed E-state index contributed by atoms with van der Waals surface area (Å²) < 4.78 is 16.2. The van der Waals surface area contributed by atoms with E-state index in [9.17, 15) is 9.59 Å². The first kappa shape index (κ1) is 19.6. The summed E-state index contributed by atoms with van der Waals surface area (Å²) in [5.41, 5.74) is 0.880. The van der Waals surface area contributed by atoms with Crippen LogP contribution in [-0.4, -0.2) is 52.2 Å². The van der Waals surface area contributed by atoms with E-state index in [2.05, 4.69) is 20.6 Å². The molecule has 1 N–H and O–H groups in total. The summed E-state index contributed by atoms with van der Waals surface area (Å²) in [7, 11) is 2.89. The van der Waals surface area contributed by atoms with Crippen molar-refractivity contribution in [3.8, 4) is 22.9 Å². The minimum Gasteiger partial charge on any atom is -0.497 e. The summed E-state index contributed by atoms with van der Waals surface area (Å²) >= 11 is 0. The van der Waals surface area contributed by atoms with E-state index in [1.54, 1.807) is 37.4 Å². The van der Waals surface area contributed by atoms with Crippen LogP contribution in [0.25, 0.3) is 11.4 Å². The third-order valence-corrected chi connectivity index (χ3v) is 5.18. The molecule has 154 valence electrons. The number of carbonyl (C=O) groups is 2. The maximum atomic E-state index is 13.5. The van der Waals surface area contributed by atoms with E-state index in [1.165, 1.54) is 7.11 Å². The molecule has 0 radical (unpaired) electrons. The minimum absolute atomic E-state index is 0.0638. The van der Waals surface area contributed by atoms with Crippen LogP contribution in [0.15, 0.2) is 42.5 Å². The third-order valence-electron chi connectivity index (χ3n) is 5.18. The molecule has 2 aromatic carbocycles. The number of ether oxygens (including phenoxy) is 3. The lowest BCUT2D eigenvalue weighted by atomic mass is 9.84. The summed E-state index contributed by atoms with van der Waals surface area (Å²) in [4.78, 5) is 25.3. The Bertz CT molecular complexity index is 1070. The van der Waals surface area contributed by atoms with Crippen LogP contribution in [-0.2, 0) is 16.0 Å². The number of hydrogen-bond donors (Lipinski definition) is 1. The number of rotatable bonds is 7. The quantitative estimate of drug-likeness (QED) is 0.468. The van der Waals surface area contributed by atoms with Crippen LogP contribution in [0.4, 0.5) is 0 Å². The standard InChI is InChI=1S/C21H20N4O5/c1-28-16-8-7-15-12-21(30-17(15)11-16,10-9-18(26)29-2)19(27)13-3-5-14(6-4-13)20-22-24-25-23-20/h3-8,11H,9-10,12H2,1-2H3,(H,22,23,24,25). The second-order valence-corrected chi connectivity index (χ2v) is 6.96. The molecule has 1 aromatic heterocycles. The number of benzene rings is 2. The Labute approximate surface area is 172 Å². The highest BCUT2D eigenvalue weighted by Gasteiger charge is 2.46. The predicted molar refractivity (Wildman–Crippen MR) is 105 cm³/mol. The van der Waals surface area contributed by atoms with E-state index < -0.39 is 11.6 Å². The number of ketones is 1. The van der Waals surface area contributed by atoms with Gasteiger partial charge in [0.25, 0.3) is 0 Å². The van der Waals surface area contributed by atoms with Gasteiger partial charge in [-0.15, -0.1) is 10.2 Å². The Morgan fingerprint density at radius 1 is 1.17 bits per heavy atom.